The Kier molecular flexibility index (Phi) is 8.11. The first-order valence-corrected chi connectivity index (χ1v) is 10.7. The van der Waals surface area contributed by atoms with Crippen LogP contribution in [0, 0.1) is 0 Å². The van der Waals surface area contributed by atoms with Gasteiger partial charge in [-0.1, -0.05) is 12.1 Å². The normalized spacial score (nSPS) is 11.8. The Hall–Kier alpha value is -3.44. The molecule has 3 amide bonds. The van der Waals surface area contributed by atoms with Crippen molar-refractivity contribution in [3.05, 3.63) is 54.1 Å². The highest BCUT2D eigenvalue weighted by Crippen LogP contribution is 2.14. The van der Waals surface area contributed by atoms with E-state index < -0.39 is 28.1 Å². The van der Waals surface area contributed by atoms with Crippen LogP contribution in [0.25, 0.3) is 0 Å². The molecule has 0 fully saturated rings. The fourth-order valence-corrected chi connectivity index (χ4v) is 3.70. The van der Waals surface area contributed by atoms with Gasteiger partial charge in [-0.2, -0.15) is 4.72 Å². The van der Waals surface area contributed by atoms with Crippen molar-refractivity contribution in [3.63, 3.8) is 0 Å². The van der Waals surface area contributed by atoms with Crippen molar-refractivity contribution in [1.82, 2.24) is 10.0 Å². The number of hydrogen-bond donors (Lipinski definition) is 4. The highest BCUT2D eigenvalue weighted by Gasteiger charge is 2.22. The van der Waals surface area contributed by atoms with E-state index in [4.69, 9.17) is 0 Å². The minimum atomic E-state index is -3.93. The summed E-state index contributed by atoms with van der Waals surface area (Å²) in [5, 5.41) is 7.70. The van der Waals surface area contributed by atoms with E-state index in [1.54, 1.807) is 24.3 Å². The molecule has 0 spiro atoms. The maximum atomic E-state index is 12.5. The second-order valence-corrected chi connectivity index (χ2v) is 8.29. The van der Waals surface area contributed by atoms with Gasteiger partial charge in [-0.25, -0.2) is 13.2 Å². The maximum absolute atomic E-state index is 12.5. The fraction of sp³-hybridized carbons (Fsp3) is 0.250. The Labute approximate surface area is 180 Å². The lowest BCUT2D eigenvalue weighted by Gasteiger charge is -2.15. The van der Waals surface area contributed by atoms with Crippen LogP contribution in [0.2, 0.25) is 0 Å². The number of hydrogen-bond acceptors (Lipinski definition) is 6. The van der Waals surface area contributed by atoms with Gasteiger partial charge in [-0.3, -0.25) is 14.9 Å². The van der Waals surface area contributed by atoms with E-state index in [2.05, 4.69) is 25.4 Å². The molecule has 0 saturated carbocycles. The van der Waals surface area contributed by atoms with Crippen LogP contribution < -0.4 is 20.7 Å². The third-order valence-corrected chi connectivity index (χ3v) is 5.62. The van der Waals surface area contributed by atoms with Crippen molar-refractivity contribution in [2.45, 2.75) is 31.3 Å². The van der Waals surface area contributed by atoms with Crippen LogP contribution >= 0.6 is 0 Å². The molecular weight excluding hydrogens is 424 g/mol. The average Bonchev–Trinajstić information content (AvgIpc) is 2.72. The van der Waals surface area contributed by atoms with Crippen LogP contribution in [0.4, 0.5) is 16.2 Å². The van der Waals surface area contributed by atoms with E-state index in [1.807, 2.05) is 0 Å². The molecule has 0 aliphatic carbocycles. The molecule has 4 N–H and O–H groups in total. The highest BCUT2D eigenvalue weighted by atomic mass is 32.2. The Morgan fingerprint density at radius 2 is 1.48 bits per heavy atom. The molecule has 166 valence electrons. The van der Waals surface area contributed by atoms with Gasteiger partial charge in [0.25, 0.3) is 0 Å². The number of sulfonamides is 1. The van der Waals surface area contributed by atoms with Crippen LogP contribution in [0.3, 0.4) is 0 Å². The molecule has 2 rings (SSSR count). The zero-order valence-electron chi connectivity index (χ0n) is 17.3. The Balaban J connectivity index is 1.91. The number of rotatable bonds is 8. The maximum Gasteiger partial charge on any atom is 0.411 e. The number of nitrogens with one attached hydrogen (secondary N) is 4. The molecule has 2 aromatic carbocycles. The second kappa shape index (κ2) is 10.5. The van der Waals surface area contributed by atoms with Gasteiger partial charge in [-0.05, 0) is 48.9 Å². The zero-order valence-corrected chi connectivity index (χ0v) is 18.1. The van der Waals surface area contributed by atoms with E-state index >= 15 is 0 Å². The molecule has 10 nitrogen and oxygen atoms in total. The fourth-order valence-electron chi connectivity index (χ4n) is 2.49. The average molecular weight is 449 g/mol. The lowest BCUT2D eigenvalue weighted by molar-refractivity contribution is -0.122. The van der Waals surface area contributed by atoms with Gasteiger partial charge in [0.1, 0.15) is 0 Å². The van der Waals surface area contributed by atoms with Crippen LogP contribution in [0.15, 0.2) is 53.4 Å². The molecule has 0 radical (unpaired) electrons. The number of anilines is 2. The van der Waals surface area contributed by atoms with Gasteiger partial charge in [-0.15, -0.1) is 0 Å². The van der Waals surface area contributed by atoms with Crippen molar-refractivity contribution < 1.29 is 27.5 Å². The van der Waals surface area contributed by atoms with Crippen molar-refractivity contribution in [2.24, 2.45) is 0 Å². The van der Waals surface area contributed by atoms with Crippen molar-refractivity contribution in [1.29, 1.82) is 0 Å². The van der Waals surface area contributed by atoms with E-state index in [-0.39, 0.29) is 17.3 Å². The van der Waals surface area contributed by atoms with Gasteiger partial charge >= 0.3 is 6.09 Å². The van der Waals surface area contributed by atoms with Gasteiger partial charge in [0.2, 0.25) is 21.8 Å². The summed E-state index contributed by atoms with van der Waals surface area (Å²) in [4.78, 5) is 34.5. The van der Waals surface area contributed by atoms with E-state index in [9.17, 15) is 22.8 Å². The van der Waals surface area contributed by atoms with Gasteiger partial charge in [0, 0.05) is 24.8 Å². The lowest BCUT2D eigenvalue weighted by Crippen LogP contribution is -2.44. The minimum Gasteiger partial charge on any atom is -0.453 e. The quantitative estimate of drug-likeness (QED) is 0.485. The summed E-state index contributed by atoms with van der Waals surface area (Å²) in [5.41, 5.74) is 1.75. The largest absolute Gasteiger partial charge is 0.453 e. The Morgan fingerprint density at radius 1 is 0.935 bits per heavy atom. The summed E-state index contributed by atoms with van der Waals surface area (Å²) in [6, 6.07) is 11.3. The molecule has 2 aromatic rings. The van der Waals surface area contributed by atoms with Crippen LogP contribution in [-0.4, -0.2) is 39.5 Å². The van der Waals surface area contributed by atoms with Gasteiger partial charge in [0.05, 0.1) is 18.0 Å². The molecule has 11 heteroatoms. The first-order valence-electron chi connectivity index (χ1n) is 9.22. The molecule has 31 heavy (non-hydrogen) atoms. The summed E-state index contributed by atoms with van der Waals surface area (Å²) in [7, 11) is -2.67. The molecule has 0 aromatic heterocycles. The van der Waals surface area contributed by atoms with Crippen molar-refractivity contribution in [2.75, 3.05) is 17.7 Å². The lowest BCUT2D eigenvalue weighted by atomic mass is 10.2. The van der Waals surface area contributed by atoms with Gasteiger partial charge in [0.15, 0.2) is 0 Å². The molecule has 1 atom stereocenters. The zero-order chi connectivity index (χ0) is 23.0. The number of carbonyl (C=O) groups is 3. The topological polar surface area (TPSA) is 143 Å². The van der Waals surface area contributed by atoms with E-state index in [1.165, 1.54) is 45.2 Å². The predicted octanol–water partition coefficient (Wildman–Crippen LogP) is 1.81. The summed E-state index contributed by atoms with van der Waals surface area (Å²) >= 11 is 0. The van der Waals surface area contributed by atoms with E-state index in [0.29, 0.717) is 11.4 Å². The minimum absolute atomic E-state index is 0.0325. The Morgan fingerprint density at radius 3 is 2.03 bits per heavy atom. The summed E-state index contributed by atoms with van der Waals surface area (Å²) in [6.45, 7) is 2.96. The molecule has 0 heterocycles. The number of methoxy groups -OCH3 is 1. The molecule has 0 aliphatic rings. The monoisotopic (exact) mass is 448 g/mol. The number of amides is 3. The number of carbonyl (C=O) groups excluding carboxylic acids is 3. The van der Waals surface area contributed by atoms with Crippen LogP contribution in [0.1, 0.15) is 19.4 Å². The van der Waals surface area contributed by atoms with Crippen LogP contribution in [-0.2, 0) is 30.9 Å². The Bertz CT molecular complexity index is 1040. The SMILES string of the molecule is COC(=O)Nc1ccc(CNC(=O)[C@H](C)NS(=O)(=O)c2ccc(NC(C)=O)cc2)cc1. The van der Waals surface area contributed by atoms with Crippen LogP contribution in [0.5, 0.6) is 0 Å². The summed E-state index contributed by atoms with van der Waals surface area (Å²) in [5.74, 6) is -0.774. The standard InChI is InChI=1S/C20H24N4O6S/c1-13(24-31(28,29)18-10-8-16(9-11-18)22-14(2)25)19(26)21-12-15-4-6-17(7-5-15)23-20(27)30-3/h4-11,13,24H,12H2,1-3H3,(H,21,26)(H,22,25)(H,23,27)/t13-/m0/s1. The third-order valence-electron chi connectivity index (χ3n) is 4.06. The summed E-state index contributed by atoms with van der Waals surface area (Å²) < 4.78 is 31.8. The first kappa shape index (κ1) is 23.8. The smallest absolute Gasteiger partial charge is 0.411 e. The number of ether oxygens (including phenoxy) is 1. The first-order chi connectivity index (χ1) is 14.6. The van der Waals surface area contributed by atoms with E-state index in [0.717, 1.165) is 5.56 Å². The molecule has 0 saturated heterocycles. The molecule has 0 unspecified atom stereocenters. The van der Waals surface area contributed by atoms with Crippen molar-refractivity contribution >= 4 is 39.3 Å². The predicted molar refractivity (Wildman–Crippen MR) is 115 cm³/mol. The molecule has 0 aliphatic heterocycles. The van der Waals surface area contributed by atoms with Crippen molar-refractivity contribution in [3.8, 4) is 0 Å². The molecular formula is C20H24N4O6S. The molecule has 0 bridgehead atoms. The third kappa shape index (κ3) is 7.39. The summed E-state index contributed by atoms with van der Waals surface area (Å²) in [6.07, 6.45) is -0.591. The van der Waals surface area contributed by atoms with Gasteiger partial charge < -0.3 is 15.4 Å². The second-order valence-electron chi connectivity index (χ2n) is 6.58. The highest BCUT2D eigenvalue weighted by molar-refractivity contribution is 7.89. The number of benzene rings is 2.